The van der Waals surface area contributed by atoms with E-state index in [-0.39, 0.29) is 12.3 Å². The summed E-state index contributed by atoms with van der Waals surface area (Å²) < 4.78 is 1.43. The maximum absolute atomic E-state index is 10.9. The van der Waals surface area contributed by atoms with Crippen LogP contribution in [0.4, 0.5) is 0 Å². The van der Waals surface area contributed by atoms with Gasteiger partial charge in [-0.25, -0.2) is 9.89 Å². The van der Waals surface area contributed by atoms with E-state index in [0.717, 1.165) is 0 Å². The third kappa shape index (κ3) is 1.48. The Bertz CT molecular complexity index is 276. The Morgan fingerprint density at radius 1 is 1.73 bits per heavy atom. The lowest BCUT2D eigenvalue weighted by Gasteiger charge is -1.98. The van der Waals surface area contributed by atoms with Crippen LogP contribution in [0.25, 0.3) is 0 Å². The largest absolute Gasteiger partial charge is 0.395 e. The Hall–Kier alpha value is -1.10. The lowest BCUT2D eigenvalue weighted by atomic mass is 10.4. The van der Waals surface area contributed by atoms with Gasteiger partial charge in [0.15, 0.2) is 0 Å². The predicted octanol–water partition coefficient (Wildman–Crippen LogP) is -0.874. The number of nitrogens with zero attached hydrogens (tertiary/aromatic N) is 2. The average molecular weight is 157 g/mol. The number of aliphatic hydroxyl groups is 1. The molecule has 0 amide bonds. The molecule has 1 aromatic rings. The number of aromatic amines is 1. The average Bonchev–Trinajstić information content (AvgIpc) is 2.34. The highest BCUT2D eigenvalue weighted by Crippen LogP contribution is 1.89. The fourth-order valence-electron chi connectivity index (χ4n) is 0.951. The lowest BCUT2D eigenvalue weighted by Crippen LogP contribution is -2.20. The molecule has 1 heterocycles. The standard InChI is InChI=1S/C6H11N3O2/c1-2-5-7-8-6(11)9(5)3-4-10/h10H,2-4H2,1H3,(H,8,11). The van der Waals surface area contributed by atoms with Gasteiger partial charge in [-0.05, 0) is 0 Å². The first-order chi connectivity index (χ1) is 5.29. The third-order valence-corrected chi connectivity index (χ3v) is 1.48. The van der Waals surface area contributed by atoms with Crippen molar-refractivity contribution in [2.75, 3.05) is 6.61 Å². The van der Waals surface area contributed by atoms with Gasteiger partial charge in [-0.3, -0.25) is 4.57 Å². The van der Waals surface area contributed by atoms with Crippen LogP contribution in [0.15, 0.2) is 4.79 Å². The van der Waals surface area contributed by atoms with Gasteiger partial charge in [-0.1, -0.05) is 6.92 Å². The molecular weight excluding hydrogens is 146 g/mol. The van der Waals surface area contributed by atoms with Crippen molar-refractivity contribution in [3.63, 3.8) is 0 Å². The minimum Gasteiger partial charge on any atom is -0.395 e. The first-order valence-corrected chi connectivity index (χ1v) is 3.54. The fourth-order valence-corrected chi connectivity index (χ4v) is 0.951. The quantitative estimate of drug-likeness (QED) is 0.599. The van der Waals surface area contributed by atoms with E-state index in [2.05, 4.69) is 10.2 Å². The van der Waals surface area contributed by atoms with Gasteiger partial charge in [-0.15, -0.1) is 0 Å². The maximum atomic E-state index is 10.9. The molecule has 0 aliphatic carbocycles. The Balaban J connectivity index is 2.97. The van der Waals surface area contributed by atoms with Crippen LogP contribution in [-0.2, 0) is 13.0 Å². The van der Waals surface area contributed by atoms with E-state index in [0.29, 0.717) is 18.8 Å². The molecule has 0 aliphatic rings. The third-order valence-electron chi connectivity index (χ3n) is 1.48. The Kier molecular flexibility index (Phi) is 2.43. The maximum Gasteiger partial charge on any atom is 0.343 e. The summed E-state index contributed by atoms with van der Waals surface area (Å²) in [5.41, 5.74) is -0.254. The number of hydrogen-bond donors (Lipinski definition) is 2. The molecular formula is C6H11N3O2. The van der Waals surface area contributed by atoms with E-state index < -0.39 is 0 Å². The van der Waals surface area contributed by atoms with Crippen LogP contribution in [-0.4, -0.2) is 26.5 Å². The second-order valence-electron chi connectivity index (χ2n) is 2.17. The highest BCUT2D eigenvalue weighted by molar-refractivity contribution is 4.84. The van der Waals surface area contributed by atoms with E-state index >= 15 is 0 Å². The van der Waals surface area contributed by atoms with Crippen molar-refractivity contribution in [2.24, 2.45) is 0 Å². The summed E-state index contributed by atoms with van der Waals surface area (Å²) in [5, 5.41) is 14.7. The summed E-state index contributed by atoms with van der Waals surface area (Å²) in [4.78, 5) is 10.9. The minimum absolute atomic E-state index is 0.0353. The molecule has 2 N–H and O–H groups in total. The highest BCUT2D eigenvalue weighted by atomic mass is 16.3. The van der Waals surface area contributed by atoms with Crippen molar-refractivity contribution < 1.29 is 5.11 Å². The number of nitrogens with one attached hydrogen (secondary N) is 1. The van der Waals surface area contributed by atoms with Crippen LogP contribution >= 0.6 is 0 Å². The zero-order valence-electron chi connectivity index (χ0n) is 6.37. The van der Waals surface area contributed by atoms with Gasteiger partial charge >= 0.3 is 5.69 Å². The van der Waals surface area contributed by atoms with Crippen molar-refractivity contribution in [3.05, 3.63) is 16.3 Å². The molecule has 0 atom stereocenters. The number of rotatable bonds is 3. The van der Waals surface area contributed by atoms with Crippen molar-refractivity contribution in [3.8, 4) is 0 Å². The molecule has 0 unspecified atom stereocenters. The summed E-state index contributed by atoms with van der Waals surface area (Å²) in [6, 6.07) is 0. The van der Waals surface area contributed by atoms with Gasteiger partial charge in [0.2, 0.25) is 0 Å². The number of aryl methyl sites for hydroxylation is 1. The van der Waals surface area contributed by atoms with Gasteiger partial charge in [0, 0.05) is 6.42 Å². The highest BCUT2D eigenvalue weighted by Gasteiger charge is 2.03. The molecule has 0 bridgehead atoms. The first-order valence-electron chi connectivity index (χ1n) is 3.54. The lowest BCUT2D eigenvalue weighted by molar-refractivity contribution is 0.272. The summed E-state index contributed by atoms with van der Waals surface area (Å²) in [6.07, 6.45) is 0.693. The van der Waals surface area contributed by atoms with E-state index in [1.165, 1.54) is 4.57 Å². The number of aromatic nitrogens is 3. The molecule has 5 heteroatoms. The van der Waals surface area contributed by atoms with Crippen LogP contribution in [0.1, 0.15) is 12.7 Å². The molecule has 0 spiro atoms. The molecule has 1 rings (SSSR count). The van der Waals surface area contributed by atoms with E-state index in [4.69, 9.17) is 5.11 Å². The van der Waals surface area contributed by atoms with Crippen molar-refractivity contribution in [1.29, 1.82) is 0 Å². The fraction of sp³-hybridized carbons (Fsp3) is 0.667. The van der Waals surface area contributed by atoms with Gasteiger partial charge in [0.25, 0.3) is 0 Å². The van der Waals surface area contributed by atoms with Crippen LogP contribution in [0.5, 0.6) is 0 Å². The monoisotopic (exact) mass is 157 g/mol. The Labute approximate surface area is 63.7 Å². The van der Waals surface area contributed by atoms with Crippen molar-refractivity contribution in [2.45, 2.75) is 19.9 Å². The summed E-state index contributed by atoms with van der Waals surface area (Å²) >= 11 is 0. The van der Waals surface area contributed by atoms with E-state index in [1.54, 1.807) is 0 Å². The normalized spacial score (nSPS) is 10.4. The Morgan fingerprint density at radius 3 is 3.00 bits per heavy atom. The summed E-state index contributed by atoms with van der Waals surface area (Å²) in [5.74, 6) is 0.684. The Morgan fingerprint density at radius 2 is 2.45 bits per heavy atom. The van der Waals surface area contributed by atoms with Crippen LogP contribution in [0, 0.1) is 0 Å². The number of aliphatic hydroxyl groups excluding tert-OH is 1. The van der Waals surface area contributed by atoms with Crippen molar-refractivity contribution >= 4 is 0 Å². The molecule has 0 saturated carbocycles. The zero-order valence-corrected chi connectivity index (χ0v) is 6.37. The topological polar surface area (TPSA) is 70.9 Å². The smallest absolute Gasteiger partial charge is 0.343 e. The second-order valence-corrected chi connectivity index (χ2v) is 2.17. The van der Waals surface area contributed by atoms with Crippen molar-refractivity contribution in [1.82, 2.24) is 14.8 Å². The molecule has 0 aromatic carbocycles. The van der Waals surface area contributed by atoms with Gasteiger partial charge in [-0.2, -0.15) is 5.10 Å². The number of H-pyrrole nitrogens is 1. The molecule has 11 heavy (non-hydrogen) atoms. The van der Waals surface area contributed by atoms with Gasteiger partial charge < -0.3 is 5.11 Å². The molecule has 0 saturated heterocycles. The summed E-state index contributed by atoms with van der Waals surface area (Å²) in [7, 11) is 0. The summed E-state index contributed by atoms with van der Waals surface area (Å²) in [6.45, 7) is 2.19. The first kappa shape index (κ1) is 8.00. The molecule has 1 aromatic heterocycles. The minimum atomic E-state index is -0.254. The molecule has 0 aliphatic heterocycles. The van der Waals surface area contributed by atoms with Gasteiger partial charge in [0.1, 0.15) is 5.82 Å². The predicted molar refractivity (Wildman–Crippen MR) is 39.3 cm³/mol. The molecule has 62 valence electrons. The van der Waals surface area contributed by atoms with E-state index in [9.17, 15) is 4.79 Å². The van der Waals surface area contributed by atoms with E-state index in [1.807, 2.05) is 6.92 Å². The SMILES string of the molecule is CCc1n[nH]c(=O)n1CCO. The van der Waals surface area contributed by atoms with Crippen LogP contribution in [0.3, 0.4) is 0 Å². The molecule has 0 fully saturated rings. The van der Waals surface area contributed by atoms with Crippen LogP contribution < -0.4 is 5.69 Å². The van der Waals surface area contributed by atoms with Crippen LogP contribution in [0.2, 0.25) is 0 Å². The number of hydrogen-bond acceptors (Lipinski definition) is 3. The van der Waals surface area contributed by atoms with Gasteiger partial charge in [0.05, 0.1) is 13.2 Å². The zero-order chi connectivity index (χ0) is 8.27. The molecule has 0 radical (unpaired) electrons. The molecule has 5 nitrogen and oxygen atoms in total. The second kappa shape index (κ2) is 3.34.